The van der Waals surface area contributed by atoms with E-state index in [1.165, 1.54) is 16.9 Å². The lowest BCUT2D eigenvalue weighted by atomic mass is 10.2. The molecule has 0 radical (unpaired) electrons. The fourth-order valence-electron chi connectivity index (χ4n) is 3.09. The lowest BCUT2D eigenvalue weighted by Gasteiger charge is -2.22. The predicted molar refractivity (Wildman–Crippen MR) is 121 cm³/mol. The van der Waals surface area contributed by atoms with Gasteiger partial charge in [0.2, 0.25) is 0 Å². The number of thioether (sulfide) groups is 1. The standard InChI is InChI=1S/C20H26N4S.HI/c1-16-7-6-11-22-19(16)13-23-20(21-2)24-12-10-17(14-24)15-25-18-8-4-3-5-9-18;/h3-9,11,17H,10,12-15H2,1-2H3,(H,21,23);1H. The van der Waals surface area contributed by atoms with Crippen LogP contribution >= 0.6 is 35.7 Å². The summed E-state index contributed by atoms with van der Waals surface area (Å²) in [6, 6.07) is 14.7. The van der Waals surface area contributed by atoms with Crippen LogP contribution in [0.2, 0.25) is 0 Å². The van der Waals surface area contributed by atoms with Crippen molar-refractivity contribution in [3.05, 3.63) is 59.9 Å². The third-order valence-electron chi connectivity index (χ3n) is 4.56. The zero-order valence-corrected chi connectivity index (χ0v) is 18.5. The van der Waals surface area contributed by atoms with Crippen molar-refractivity contribution < 1.29 is 0 Å². The molecule has 140 valence electrons. The highest BCUT2D eigenvalue weighted by atomic mass is 127. The quantitative estimate of drug-likeness (QED) is 0.300. The van der Waals surface area contributed by atoms with Gasteiger partial charge in [-0.2, -0.15) is 0 Å². The summed E-state index contributed by atoms with van der Waals surface area (Å²) in [5, 5.41) is 3.47. The maximum atomic E-state index is 4.46. The first-order chi connectivity index (χ1) is 12.3. The molecule has 1 fully saturated rings. The summed E-state index contributed by atoms with van der Waals surface area (Å²) in [6.45, 7) is 4.96. The van der Waals surface area contributed by atoms with Gasteiger partial charge >= 0.3 is 0 Å². The summed E-state index contributed by atoms with van der Waals surface area (Å²) in [4.78, 5) is 12.6. The Labute approximate surface area is 177 Å². The number of aliphatic imine (C=N–C) groups is 1. The molecule has 1 atom stereocenters. The van der Waals surface area contributed by atoms with Gasteiger partial charge in [0, 0.05) is 37.0 Å². The number of guanidine groups is 1. The summed E-state index contributed by atoms with van der Waals surface area (Å²) in [5.74, 6) is 2.86. The molecule has 1 aliphatic rings. The van der Waals surface area contributed by atoms with Crippen LogP contribution in [0.3, 0.4) is 0 Å². The number of halogens is 1. The van der Waals surface area contributed by atoms with Crippen LogP contribution in [0.4, 0.5) is 0 Å². The van der Waals surface area contributed by atoms with Gasteiger partial charge in [0.25, 0.3) is 0 Å². The Hall–Kier alpha value is -1.28. The van der Waals surface area contributed by atoms with E-state index in [4.69, 9.17) is 0 Å². The van der Waals surface area contributed by atoms with E-state index in [9.17, 15) is 0 Å². The first-order valence-electron chi connectivity index (χ1n) is 8.80. The number of pyridine rings is 1. The number of aryl methyl sites for hydroxylation is 1. The molecule has 3 rings (SSSR count). The van der Waals surface area contributed by atoms with E-state index in [2.05, 4.69) is 63.5 Å². The second-order valence-corrected chi connectivity index (χ2v) is 7.49. The summed E-state index contributed by atoms with van der Waals surface area (Å²) in [7, 11) is 1.86. The van der Waals surface area contributed by atoms with E-state index in [-0.39, 0.29) is 24.0 Å². The number of benzene rings is 1. The molecule has 1 aromatic heterocycles. The van der Waals surface area contributed by atoms with Crippen molar-refractivity contribution in [3.63, 3.8) is 0 Å². The topological polar surface area (TPSA) is 40.5 Å². The average Bonchev–Trinajstić information content (AvgIpc) is 3.12. The predicted octanol–water partition coefficient (Wildman–Crippen LogP) is 4.20. The highest BCUT2D eigenvalue weighted by Gasteiger charge is 2.24. The lowest BCUT2D eigenvalue weighted by Crippen LogP contribution is -2.40. The first kappa shape index (κ1) is 21.0. The fourth-order valence-corrected chi connectivity index (χ4v) is 4.14. The first-order valence-corrected chi connectivity index (χ1v) is 9.78. The van der Waals surface area contributed by atoms with E-state index < -0.39 is 0 Å². The van der Waals surface area contributed by atoms with Gasteiger partial charge in [-0.1, -0.05) is 24.3 Å². The molecule has 1 saturated heterocycles. The van der Waals surface area contributed by atoms with Crippen LogP contribution in [0, 0.1) is 12.8 Å². The van der Waals surface area contributed by atoms with Gasteiger partial charge in [0.1, 0.15) is 0 Å². The molecule has 1 aliphatic heterocycles. The normalized spacial score (nSPS) is 17.1. The van der Waals surface area contributed by atoms with E-state index in [1.807, 2.05) is 31.1 Å². The molecule has 1 aromatic carbocycles. The molecule has 4 nitrogen and oxygen atoms in total. The average molecular weight is 482 g/mol. The van der Waals surface area contributed by atoms with Gasteiger partial charge in [0.05, 0.1) is 12.2 Å². The minimum absolute atomic E-state index is 0. The number of likely N-dealkylation sites (tertiary alicyclic amines) is 1. The van der Waals surface area contributed by atoms with Crippen LogP contribution in [0.5, 0.6) is 0 Å². The molecule has 2 aromatic rings. The van der Waals surface area contributed by atoms with E-state index in [0.29, 0.717) is 5.92 Å². The van der Waals surface area contributed by atoms with Crippen molar-refractivity contribution in [2.45, 2.75) is 24.8 Å². The third-order valence-corrected chi connectivity index (χ3v) is 5.80. The van der Waals surface area contributed by atoms with Gasteiger partial charge in [-0.3, -0.25) is 9.98 Å². The molecule has 6 heteroatoms. The molecule has 0 spiro atoms. The summed E-state index contributed by atoms with van der Waals surface area (Å²) >= 11 is 1.95. The monoisotopic (exact) mass is 482 g/mol. The molecule has 0 amide bonds. The van der Waals surface area contributed by atoms with Gasteiger partial charge in [0.15, 0.2) is 5.96 Å². The van der Waals surface area contributed by atoms with Crippen molar-refractivity contribution in [2.24, 2.45) is 10.9 Å². The Balaban J connectivity index is 0.00000243. The van der Waals surface area contributed by atoms with Gasteiger partial charge < -0.3 is 10.2 Å². The zero-order valence-electron chi connectivity index (χ0n) is 15.4. The molecular weight excluding hydrogens is 455 g/mol. The van der Waals surface area contributed by atoms with Gasteiger partial charge in [-0.15, -0.1) is 35.7 Å². The number of aromatic nitrogens is 1. The van der Waals surface area contributed by atoms with Crippen molar-refractivity contribution in [1.82, 2.24) is 15.2 Å². The Bertz CT molecular complexity index is 708. The van der Waals surface area contributed by atoms with Crippen LogP contribution in [0.15, 0.2) is 58.5 Å². The van der Waals surface area contributed by atoms with Crippen LogP contribution in [0.1, 0.15) is 17.7 Å². The summed E-state index contributed by atoms with van der Waals surface area (Å²) < 4.78 is 0. The molecule has 0 bridgehead atoms. The van der Waals surface area contributed by atoms with Crippen LogP contribution in [-0.2, 0) is 6.54 Å². The zero-order chi connectivity index (χ0) is 17.5. The van der Waals surface area contributed by atoms with E-state index in [1.54, 1.807) is 0 Å². The van der Waals surface area contributed by atoms with E-state index >= 15 is 0 Å². The highest BCUT2D eigenvalue weighted by Crippen LogP contribution is 2.25. The van der Waals surface area contributed by atoms with Crippen LogP contribution < -0.4 is 5.32 Å². The maximum Gasteiger partial charge on any atom is 0.193 e. The Kier molecular flexibility index (Phi) is 8.71. The van der Waals surface area contributed by atoms with E-state index in [0.717, 1.165) is 37.0 Å². The Morgan fingerprint density at radius 1 is 1.27 bits per heavy atom. The largest absolute Gasteiger partial charge is 0.351 e. The lowest BCUT2D eigenvalue weighted by molar-refractivity contribution is 0.473. The Morgan fingerprint density at radius 3 is 2.81 bits per heavy atom. The molecule has 0 saturated carbocycles. The number of rotatable bonds is 5. The summed E-state index contributed by atoms with van der Waals surface area (Å²) in [5.41, 5.74) is 2.29. The van der Waals surface area contributed by atoms with Gasteiger partial charge in [-0.05, 0) is 43.0 Å². The van der Waals surface area contributed by atoms with Crippen LogP contribution in [0.25, 0.3) is 0 Å². The number of nitrogens with one attached hydrogen (secondary N) is 1. The minimum Gasteiger partial charge on any atom is -0.351 e. The van der Waals surface area contributed by atoms with Crippen LogP contribution in [-0.4, -0.2) is 41.7 Å². The summed E-state index contributed by atoms with van der Waals surface area (Å²) in [6.07, 6.45) is 3.07. The van der Waals surface area contributed by atoms with Crippen molar-refractivity contribution >= 4 is 41.7 Å². The van der Waals surface area contributed by atoms with Crippen molar-refractivity contribution in [3.8, 4) is 0 Å². The van der Waals surface area contributed by atoms with Crippen molar-refractivity contribution in [1.29, 1.82) is 0 Å². The molecule has 1 N–H and O–H groups in total. The fraction of sp³-hybridized carbons (Fsp3) is 0.400. The molecule has 0 aliphatic carbocycles. The highest BCUT2D eigenvalue weighted by molar-refractivity contribution is 14.0. The molecule has 2 heterocycles. The smallest absolute Gasteiger partial charge is 0.193 e. The molecule has 26 heavy (non-hydrogen) atoms. The number of nitrogens with zero attached hydrogens (tertiary/aromatic N) is 3. The SMILES string of the molecule is CN=C(NCc1ncccc1C)N1CCC(CSc2ccccc2)C1.I. The number of hydrogen-bond donors (Lipinski definition) is 1. The number of hydrogen-bond acceptors (Lipinski definition) is 3. The second kappa shape index (κ2) is 10.8. The maximum absolute atomic E-state index is 4.46. The molecular formula is C20H27IN4S. The Morgan fingerprint density at radius 2 is 2.08 bits per heavy atom. The third kappa shape index (κ3) is 5.87. The minimum atomic E-state index is 0. The second-order valence-electron chi connectivity index (χ2n) is 6.39. The van der Waals surface area contributed by atoms with Crippen molar-refractivity contribution in [2.75, 3.05) is 25.9 Å². The van der Waals surface area contributed by atoms with Gasteiger partial charge in [-0.25, -0.2) is 0 Å². The molecule has 1 unspecified atom stereocenters.